The van der Waals surface area contributed by atoms with Gasteiger partial charge in [-0.1, -0.05) is 43.5 Å². The lowest BCUT2D eigenvalue weighted by Gasteiger charge is -2.11. The maximum absolute atomic E-state index is 6.50. The van der Waals surface area contributed by atoms with Crippen molar-refractivity contribution in [1.29, 1.82) is 0 Å². The summed E-state index contributed by atoms with van der Waals surface area (Å²) in [4.78, 5) is 0.990. The van der Waals surface area contributed by atoms with E-state index in [0.29, 0.717) is 0 Å². The van der Waals surface area contributed by atoms with E-state index in [-0.39, 0.29) is 5.38 Å². The molecule has 0 saturated carbocycles. The minimum atomic E-state index is -0.229. The summed E-state index contributed by atoms with van der Waals surface area (Å²) in [5.41, 5.74) is 2.09. The highest BCUT2D eigenvalue weighted by Gasteiger charge is 2.19. The van der Waals surface area contributed by atoms with Crippen LogP contribution in [0.25, 0.3) is 0 Å². The molecule has 0 fully saturated rings. The highest BCUT2D eigenvalue weighted by molar-refractivity contribution is 9.11. The molecular formula is C12H8Br2Cl2S. The van der Waals surface area contributed by atoms with Crippen LogP contribution in [0.15, 0.2) is 32.5 Å². The van der Waals surface area contributed by atoms with Crippen molar-refractivity contribution in [2.45, 2.75) is 12.3 Å². The van der Waals surface area contributed by atoms with Crippen LogP contribution >= 0.6 is 66.4 Å². The third-order valence-corrected chi connectivity index (χ3v) is 5.96. The van der Waals surface area contributed by atoms with Gasteiger partial charge in [0, 0.05) is 13.8 Å². The van der Waals surface area contributed by atoms with Gasteiger partial charge in [0.25, 0.3) is 0 Å². The lowest BCUT2D eigenvalue weighted by Crippen LogP contribution is -1.93. The Hall–Kier alpha value is 0.460. The van der Waals surface area contributed by atoms with E-state index in [9.17, 15) is 0 Å². The molecule has 2 rings (SSSR count). The Bertz CT molecular complexity index is 551. The molecular weight excluding hydrogens is 407 g/mol. The predicted octanol–water partition coefficient (Wildman–Crippen LogP) is 6.56. The molecule has 90 valence electrons. The summed E-state index contributed by atoms with van der Waals surface area (Å²) < 4.78 is 1.99. The largest absolute Gasteiger partial charge is 0.145 e. The maximum Gasteiger partial charge on any atom is 0.0954 e. The smallest absolute Gasteiger partial charge is 0.0954 e. The molecule has 0 spiro atoms. The van der Waals surface area contributed by atoms with Crippen LogP contribution in [0.1, 0.15) is 21.4 Å². The average Bonchev–Trinajstić information content (AvgIpc) is 2.62. The van der Waals surface area contributed by atoms with E-state index in [2.05, 4.69) is 31.9 Å². The van der Waals surface area contributed by atoms with Crippen LogP contribution in [0.5, 0.6) is 0 Å². The third-order valence-electron chi connectivity index (χ3n) is 2.39. The van der Waals surface area contributed by atoms with Crippen molar-refractivity contribution in [2.24, 2.45) is 0 Å². The standard InChI is InChI=1S/C12H8Br2Cl2S/c1-6-5-17-12(10(6)15)11(16)8-4-7(13)2-3-9(8)14/h2-5,11H,1H3. The number of benzene rings is 1. The number of aryl methyl sites for hydroxylation is 1. The summed E-state index contributed by atoms with van der Waals surface area (Å²) in [5, 5.41) is 2.56. The summed E-state index contributed by atoms with van der Waals surface area (Å²) in [6, 6.07) is 5.95. The first-order valence-electron chi connectivity index (χ1n) is 4.83. The Morgan fingerprint density at radius 1 is 1.29 bits per heavy atom. The van der Waals surface area contributed by atoms with E-state index in [0.717, 1.165) is 30.0 Å². The van der Waals surface area contributed by atoms with Crippen molar-refractivity contribution < 1.29 is 0 Å². The van der Waals surface area contributed by atoms with Gasteiger partial charge in [0.2, 0.25) is 0 Å². The zero-order valence-electron chi connectivity index (χ0n) is 8.81. The number of hydrogen-bond acceptors (Lipinski definition) is 1. The molecule has 0 N–H and O–H groups in total. The second kappa shape index (κ2) is 5.62. The van der Waals surface area contributed by atoms with Crippen LogP contribution in [-0.4, -0.2) is 0 Å². The molecule has 1 atom stereocenters. The molecule has 0 amide bonds. The minimum absolute atomic E-state index is 0.229. The SMILES string of the molecule is Cc1csc(C(Cl)c2cc(Br)ccc2Br)c1Cl. The van der Waals surface area contributed by atoms with Crippen LogP contribution in [-0.2, 0) is 0 Å². The van der Waals surface area contributed by atoms with Gasteiger partial charge < -0.3 is 0 Å². The Kier molecular flexibility index (Phi) is 4.59. The molecule has 17 heavy (non-hydrogen) atoms. The van der Waals surface area contributed by atoms with Gasteiger partial charge in [-0.05, 0) is 41.6 Å². The van der Waals surface area contributed by atoms with E-state index in [1.807, 2.05) is 30.5 Å². The highest BCUT2D eigenvalue weighted by atomic mass is 79.9. The van der Waals surface area contributed by atoms with E-state index < -0.39 is 0 Å². The Labute approximate surface area is 131 Å². The summed E-state index contributed by atoms with van der Waals surface area (Å²) in [6.07, 6.45) is 0. The molecule has 1 heterocycles. The van der Waals surface area contributed by atoms with Crippen molar-refractivity contribution in [2.75, 3.05) is 0 Å². The van der Waals surface area contributed by atoms with Gasteiger partial charge in [0.05, 0.1) is 10.4 Å². The van der Waals surface area contributed by atoms with Crippen LogP contribution < -0.4 is 0 Å². The van der Waals surface area contributed by atoms with Crippen molar-refractivity contribution >= 4 is 66.4 Å². The van der Waals surface area contributed by atoms with Crippen LogP contribution in [0, 0.1) is 6.92 Å². The molecule has 0 aliphatic carbocycles. The van der Waals surface area contributed by atoms with Crippen molar-refractivity contribution in [3.05, 3.63) is 53.6 Å². The van der Waals surface area contributed by atoms with Crippen molar-refractivity contribution in [1.82, 2.24) is 0 Å². The average molecular weight is 415 g/mol. The molecule has 5 heteroatoms. The summed E-state index contributed by atoms with van der Waals surface area (Å²) in [5.74, 6) is 0. The molecule has 0 radical (unpaired) electrons. The topological polar surface area (TPSA) is 0 Å². The number of thiophene rings is 1. The van der Waals surface area contributed by atoms with Crippen LogP contribution in [0.4, 0.5) is 0 Å². The molecule has 2 aromatic rings. The fourth-order valence-electron chi connectivity index (χ4n) is 1.47. The van der Waals surface area contributed by atoms with Crippen molar-refractivity contribution in [3.63, 3.8) is 0 Å². The summed E-state index contributed by atoms with van der Waals surface area (Å²) in [6.45, 7) is 1.99. The fraction of sp³-hybridized carbons (Fsp3) is 0.167. The first-order chi connectivity index (χ1) is 8.00. The Morgan fingerprint density at radius 3 is 2.59 bits per heavy atom. The van der Waals surface area contributed by atoms with Crippen LogP contribution in [0.3, 0.4) is 0 Å². The second-order valence-corrected chi connectivity index (χ2v) is 7.12. The molecule has 1 unspecified atom stereocenters. The van der Waals surface area contributed by atoms with E-state index in [1.165, 1.54) is 0 Å². The lowest BCUT2D eigenvalue weighted by atomic mass is 10.1. The van der Waals surface area contributed by atoms with E-state index in [1.54, 1.807) is 11.3 Å². The fourth-order valence-corrected chi connectivity index (χ4v) is 4.25. The number of halogens is 4. The van der Waals surface area contributed by atoms with Crippen molar-refractivity contribution in [3.8, 4) is 0 Å². The number of alkyl halides is 1. The first-order valence-corrected chi connectivity index (χ1v) is 8.11. The molecule has 1 aromatic carbocycles. The quantitative estimate of drug-likeness (QED) is 0.488. The zero-order chi connectivity index (χ0) is 12.6. The monoisotopic (exact) mass is 412 g/mol. The Balaban J connectivity index is 2.47. The van der Waals surface area contributed by atoms with Gasteiger partial charge in [0.1, 0.15) is 0 Å². The Morgan fingerprint density at radius 2 is 2.00 bits per heavy atom. The zero-order valence-corrected chi connectivity index (χ0v) is 14.3. The molecule has 0 aliphatic rings. The summed E-state index contributed by atoms with van der Waals surface area (Å²) in [7, 11) is 0. The van der Waals surface area contributed by atoms with Gasteiger partial charge in [-0.3, -0.25) is 0 Å². The maximum atomic E-state index is 6.50. The van der Waals surface area contributed by atoms with Gasteiger partial charge in [-0.15, -0.1) is 22.9 Å². The minimum Gasteiger partial charge on any atom is -0.145 e. The third kappa shape index (κ3) is 2.90. The molecule has 0 aliphatic heterocycles. The van der Waals surface area contributed by atoms with Gasteiger partial charge in [0.15, 0.2) is 0 Å². The normalized spacial score (nSPS) is 12.8. The molecule has 0 nitrogen and oxygen atoms in total. The number of hydrogen-bond donors (Lipinski definition) is 0. The first kappa shape index (κ1) is 13.9. The van der Waals surface area contributed by atoms with Gasteiger partial charge in [-0.25, -0.2) is 0 Å². The number of rotatable bonds is 2. The van der Waals surface area contributed by atoms with Crippen LogP contribution in [0.2, 0.25) is 5.02 Å². The molecule has 1 aromatic heterocycles. The molecule has 0 saturated heterocycles. The molecule has 0 bridgehead atoms. The van der Waals surface area contributed by atoms with Gasteiger partial charge >= 0.3 is 0 Å². The van der Waals surface area contributed by atoms with Gasteiger partial charge in [-0.2, -0.15) is 0 Å². The van der Waals surface area contributed by atoms with E-state index >= 15 is 0 Å². The summed E-state index contributed by atoms with van der Waals surface area (Å²) >= 11 is 21.3. The highest BCUT2D eigenvalue weighted by Crippen LogP contribution is 2.42. The second-order valence-electron chi connectivity index (χ2n) is 3.63. The van der Waals surface area contributed by atoms with E-state index in [4.69, 9.17) is 23.2 Å². The lowest BCUT2D eigenvalue weighted by molar-refractivity contribution is 1.16. The predicted molar refractivity (Wildman–Crippen MR) is 83.6 cm³/mol.